The van der Waals surface area contributed by atoms with Crippen LogP contribution in [0.25, 0.3) is 11.2 Å². The van der Waals surface area contributed by atoms with Crippen molar-refractivity contribution in [2.45, 2.75) is 13.5 Å². The summed E-state index contributed by atoms with van der Waals surface area (Å²) in [7, 11) is 3.24. The van der Waals surface area contributed by atoms with E-state index in [-0.39, 0.29) is 18.0 Å². The second kappa shape index (κ2) is 3.92. The van der Waals surface area contributed by atoms with Crippen molar-refractivity contribution in [2.75, 3.05) is 0 Å². The van der Waals surface area contributed by atoms with E-state index in [4.69, 9.17) is 12.2 Å². The molecule has 0 aliphatic carbocycles. The lowest BCUT2D eigenvalue weighted by molar-refractivity contribution is -0.117. The summed E-state index contributed by atoms with van der Waals surface area (Å²) in [6, 6.07) is 0. The number of hydrogen-bond acceptors (Lipinski definition) is 4. The minimum atomic E-state index is -0.226. The van der Waals surface area contributed by atoms with Gasteiger partial charge in [0.2, 0.25) is 0 Å². The van der Waals surface area contributed by atoms with E-state index in [1.807, 2.05) is 0 Å². The van der Waals surface area contributed by atoms with E-state index in [1.54, 1.807) is 18.7 Å². The number of Topliss-reactive ketones (excluding diaryl/α,β-unsaturated/α-hetero) is 1. The molecule has 90 valence electrons. The second-order valence-corrected chi connectivity index (χ2v) is 4.34. The zero-order valence-electron chi connectivity index (χ0n) is 9.80. The van der Waals surface area contributed by atoms with Gasteiger partial charge in [-0.25, -0.2) is 9.78 Å². The highest BCUT2D eigenvalue weighted by molar-refractivity contribution is 7.71. The van der Waals surface area contributed by atoms with Crippen molar-refractivity contribution in [1.82, 2.24) is 18.7 Å². The summed E-state index contributed by atoms with van der Waals surface area (Å²) in [4.78, 5) is 27.1. The Morgan fingerprint density at radius 3 is 2.65 bits per heavy atom. The van der Waals surface area contributed by atoms with Crippen molar-refractivity contribution in [3.05, 3.63) is 21.5 Å². The standard InChI is InChI=1S/C10H12N4O2S/c1-6(15)4-14-5-11-8-7(14)9(17)13(3)10(16)12(8)2/h5H,4H2,1-3H3. The molecular formula is C10H12N4O2S. The number of fused-ring (bicyclic) bond motifs is 1. The average molecular weight is 252 g/mol. The number of aromatic nitrogens is 4. The fourth-order valence-electron chi connectivity index (χ4n) is 1.76. The molecular weight excluding hydrogens is 240 g/mol. The predicted molar refractivity (Wildman–Crippen MR) is 65.5 cm³/mol. The maximum Gasteiger partial charge on any atom is 0.330 e. The lowest BCUT2D eigenvalue weighted by Gasteiger charge is -2.06. The fourth-order valence-corrected chi connectivity index (χ4v) is 2.04. The summed E-state index contributed by atoms with van der Waals surface area (Å²) in [5.74, 6) is 0.00945. The third kappa shape index (κ3) is 1.72. The Kier molecular flexibility index (Phi) is 2.70. The van der Waals surface area contributed by atoms with Crippen molar-refractivity contribution in [3.63, 3.8) is 0 Å². The molecule has 2 heterocycles. The second-order valence-electron chi connectivity index (χ2n) is 3.95. The van der Waals surface area contributed by atoms with Gasteiger partial charge in [-0.3, -0.25) is 13.9 Å². The van der Waals surface area contributed by atoms with E-state index in [1.165, 1.54) is 22.4 Å². The van der Waals surface area contributed by atoms with Gasteiger partial charge in [-0.15, -0.1) is 0 Å². The highest BCUT2D eigenvalue weighted by Crippen LogP contribution is 2.11. The summed E-state index contributed by atoms with van der Waals surface area (Å²) in [5, 5.41) is 0. The van der Waals surface area contributed by atoms with Gasteiger partial charge in [-0.2, -0.15) is 0 Å². The molecule has 0 fully saturated rings. The first-order valence-electron chi connectivity index (χ1n) is 5.03. The Morgan fingerprint density at radius 2 is 2.06 bits per heavy atom. The lowest BCUT2D eigenvalue weighted by Crippen LogP contribution is -2.28. The van der Waals surface area contributed by atoms with E-state index in [0.717, 1.165) is 0 Å². The largest absolute Gasteiger partial charge is 0.330 e. The predicted octanol–water partition coefficient (Wildman–Crippen LogP) is 0.392. The molecule has 2 aromatic heterocycles. The zero-order chi connectivity index (χ0) is 12.7. The normalized spacial score (nSPS) is 11.0. The number of carbonyl (C=O) groups excluding carboxylic acids is 1. The molecule has 0 spiro atoms. The van der Waals surface area contributed by atoms with E-state index >= 15 is 0 Å². The Labute approximate surface area is 102 Å². The third-order valence-electron chi connectivity index (χ3n) is 2.61. The number of nitrogens with zero attached hydrogens (tertiary/aromatic N) is 4. The van der Waals surface area contributed by atoms with Crippen molar-refractivity contribution < 1.29 is 4.79 Å². The first kappa shape index (κ1) is 11.7. The molecule has 7 heteroatoms. The Hall–Kier alpha value is -1.76. The van der Waals surface area contributed by atoms with Crippen molar-refractivity contribution in [3.8, 4) is 0 Å². The van der Waals surface area contributed by atoms with E-state index in [2.05, 4.69) is 4.98 Å². The van der Waals surface area contributed by atoms with Crippen molar-refractivity contribution in [1.29, 1.82) is 0 Å². The third-order valence-corrected chi connectivity index (χ3v) is 3.08. The monoisotopic (exact) mass is 252 g/mol. The summed E-state index contributed by atoms with van der Waals surface area (Å²) in [6.45, 7) is 1.70. The van der Waals surface area contributed by atoms with Crippen LogP contribution in [0.3, 0.4) is 0 Å². The van der Waals surface area contributed by atoms with Gasteiger partial charge in [0.25, 0.3) is 0 Å². The fraction of sp³-hybridized carbons (Fsp3) is 0.400. The maximum absolute atomic E-state index is 11.8. The van der Waals surface area contributed by atoms with Gasteiger partial charge in [-0.1, -0.05) is 12.2 Å². The molecule has 0 aliphatic heterocycles. The number of ketones is 1. The van der Waals surface area contributed by atoms with Crippen LogP contribution in [0, 0.1) is 4.64 Å². The lowest BCUT2D eigenvalue weighted by atomic mass is 10.4. The number of rotatable bonds is 2. The molecule has 0 radical (unpaired) electrons. The van der Waals surface area contributed by atoms with Gasteiger partial charge in [0.15, 0.2) is 5.65 Å². The topological polar surface area (TPSA) is 61.8 Å². The Bertz CT molecular complexity index is 722. The minimum absolute atomic E-state index is 0.00945. The Morgan fingerprint density at radius 1 is 1.41 bits per heavy atom. The van der Waals surface area contributed by atoms with Crippen molar-refractivity contribution in [2.24, 2.45) is 14.1 Å². The van der Waals surface area contributed by atoms with Crippen LogP contribution in [-0.4, -0.2) is 24.5 Å². The number of aryl methyl sites for hydroxylation is 1. The first-order chi connectivity index (χ1) is 7.93. The van der Waals surface area contributed by atoms with E-state index < -0.39 is 0 Å². The average Bonchev–Trinajstić information content (AvgIpc) is 2.66. The van der Waals surface area contributed by atoms with Gasteiger partial charge < -0.3 is 4.57 Å². The van der Waals surface area contributed by atoms with Crippen LogP contribution in [0.15, 0.2) is 11.1 Å². The smallest absolute Gasteiger partial charge is 0.319 e. The number of imidazole rings is 1. The highest BCUT2D eigenvalue weighted by atomic mass is 32.1. The molecule has 0 saturated heterocycles. The molecule has 2 rings (SSSR count). The van der Waals surface area contributed by atoms with Gasteiger partial charge in [0.1, 0.15) is 15.9 Å². The molecule has 0 aromatic carbocycles. The molecule has 17 heavy (non-hydrogen) atoms. The summed E-state index contributed by atoms with van der Waals surface area (Å²) < 4.78 is 4.85. The molecule has 0 unspecified atom stereocenters. The van der Waals surface area contributed by atoms with Crippen LogP contribution in [0.5, 0.6) is 0 Å². The molecule has 0 bridgehead atoms. The highest BCUT2D eigenvalue weighted by Gasteiger charge is 2.12. The van der Waals surface area contributed by atoms with Crippen molar-refractivity contribution >= 4 is 29.2 Å². The minimum Gasteiger partial charge on any atom is -0.319 e. The van der Waals surface area contributed by atoms with E-state index in [0.29, 0.717) is 15.8 Å². The van der Waals surface area contributed by atoms with Crippen LogP contribution < -0.4 is 5.69 Å². The molecule has 0 N–H and O–H groups in total. The summed E-state index contributed by atoms with van der Waals surface area (Å²) >= 11 is 5.21. The summed E-state index contributed by atoms with van der Waals surface area (Å²) in [5.41, 5.74) is 0.912. The Balaban J connectivity index is 2.90. The van der Waals surface area contributed by atoms with Crippen LogP contribution in [0.4, 0.5) is 0 Å². The molecule has 6 nitrogen and oxygen atoms in total. The van der Waals surface area contributed by atoms with Crippen LogP contribution in [0.1, 0.15) is 6.92 Å². The van der Waals surface area contributed by atoms with Gasteiger partial charge >= 0.3 is 5.69 Å². The summed E-state index contributed by atoms with van der Waals surface area (Å²) in [6.07, 6.45) is 1.53. The van der Waals surface area contributed by atoms with Crippen LogP contribution in [-0.2, 0) is 25.4 Å². The molecule has 0 atom stereocenters. The first-order valence-corrected chi connectivity index (χ1v) is 5.44. The maximum atomic E-state index is 11.8. The number of hydrogen-bond donors (Lipinski definition) is 0. The number of carbonyl (C=O) groups is 1. The molecule has 0 saturated carbocycles. The van der Waals surface area contributed by atoms with Gasteiger partial charge in [0, 0.05) is 14.1 Å². The molecule has 0 amide bonds. The van der Waals surface area contributed by atoms with Gasteiger partial charge in [0.05, 0.1) is 12.9 Å². The molecule has 0 aliphatic rings. The van der Waals surface area contributed by atoms with Crippen LogP contribution in [0.2, 0.25) is 0 Å². The van der Waals surface area contributed by atoms with Crippen LogP contribution >= 0.6 is 12.2 Å². The zero-order valence-corrected chi connectivity index (χ0v) is 10.6. The van der Waals surface area contributed by atoms with Gasteiger partial charge in [-0.05, 0) is 6.92 Å². The van der Waals surface area contributed by atoms with E-state index in [9.17, 15) is 9.59 Å². The quantitative estimate of drug-likeness (QED) is 0.725. The SMILES string of the molecule is CC(=O)Cn1cnc2c1c(=S)n(C)c(=O)n2C. The molecule has 2 aromatic rings.